The van der Waals surface area contributed by atoms with Gasteiger partial charge in [-0.05, 0) is 37.5 Å². The Hall–Kier alpha value is -2.42. The van der Waals surface area contributed by atoms with Crippen LogP contribution >= 0.6 is 0 Å². The van der Waals surface area contributed by atoms with Gasteiger partial charge in [0.15, 0.2) is 5.69 Å². The molecule has 0 unspecified atom stereocenters. The second-order valence-corrected chi connectivity index (χ2v) is 6.24. The molecule has 0 bridgehead atoms. The number of aryl methyl sites for hydroxylation is 1. The molecule has 1 aliphatic rings. The van der Waals surface area contributed by atoms with Crippen molar-refractivity contribution in [2.24, 2.45) is 5.73 Å². The van der Waals surface area contributed by atoms with Crippen LogP contribution in [0, 0.1) is 6.92 Å². The van der Waals surface area contributed by atoms with E-state index in [1.807, 2.05) is 25.1 Å². The molecule has 25 heavy (non-hydrogen) atoms. The van der Waals surface area contributed by atoms with Crippen LogP contribution < -0.4 is 5.73 Å². The third-order valence-corrected chi connectivity index (χ3v) is 4.24. The molecule has 2 heterocycles. The van der Waals surface area contributed by atoms with E-state index < -0.39 is 24.2 Å². The molecule has 1 aromatic carbocycles. The third-order valence-electron chi connectivity index (χ3n) is 4.24. The van der Waals surface area contributed by atoms with E-state index in [4.69, 9.17) is 5.73 Å². The Morgan fingerprint density at radius 1 is 1.32 bits per heavy atom. The molecule has 0 spiro atoms. The summed E-state index contributed by atoms with van der Waals surface area (Å²) in [6, 6.07) is 4.99. The van der Waals surface area contributed by atoms with Crippen LogP contribution in [0.3, 0.4) is 0 Å². The van der Waals surface area contributed by atoms with Crippen LogP contribution in [0.2, 0.25) is 0 Å². The van der Waals surface area contributed by atoms with Gasteiger partial charge < -0.3 is 10.6 Å². The normalized spacial score (nSPS) is 21.4. The summed E-state index contributed by atoms with van der Waals surface area (Å²) < 4.78 is 41.1. The van der Waals surface area contributed by atoms with E-state index >= 15 is 0 Å². The van der Waals surface area contributed by atoms with Crippen molar-refractivity contribution in [3.63, 3.8) is 0 Å². The fourth-order valence-electron chi connectivity index (χ4n) is 2.97. The highest BCUT2D eigenvalue weighted by Gasteiger charge is 2.48. The second kappa shape index (κ2) is 6.47. The summed E-state index contributed by atoms with van der Waals surface area (Å²) >= 11 is 0. The van der Waals surface area contributed by atoms with Crippen molar-refractivity contribution in [3.05, 3.63) is 41.7 Å². The van der Waals surface area contributed by atoms with Gasteiger partial charge in [-0.15, -0.1) is 5.10 Å². The van der Waals surface area contributed by atoms with E-state index in [1.54, 1.807) is 6.07 Å². The highest BCUT2D eigenvalue weighted by molar-refractivity contribution is 5.92. The monoisotopic (exact) mass is 353 g/mol. The number of nitrogens with two attached hydrogens (primary N) is 1. The number of hydrogen-bond acceptors (Lipinski definition) is 4. The van der Waals surface area contributed by atoms with Gasteiger partial charge in [-0.25, -0.2) is 4.68 Å². The van der Waals surface area contributed by atoms with Crippen molar-refractivity contribution in [2.45, 2.75) is 38.0 Å². The topological polar surface area (TPSA) is 77.0 Å². The summed E-state index contributed by atoms with van der Waals surface area (Å²) in [6.45, 7) is 1.75. The smallest absolute Gasteiger partial charge is 0.326 e. The minimum atomic E-state index is -4.50. The van der Waals surface area contributed by atoms with Crippen LogP contribution in [0.25, 0.3) is 5.69 Å². The van der Waals surface area contributed by atoms with Gasteiger partial charge in [0.1, 0.15) is 6.04 Å². The van der Waals surface area contributed by atoms with E-state index in [2.05, 4.69) is 10.3 Å². The molecule has 3 rings (SSSR count). The molecule has 1 aliphatic heterocycles. The van der Waals surface area contributed by atoms with Gasteiger partial charge in [0.2, 0.25) is 0 Å². The lowest BCUT2D eigenvalue weighted by Gasteiger charge is -2.38. The van der Waals surface area contributed by atoms with Crippen LogP contribution in [-0.2, 0) is 0 Å². The van der Waals surface area contributed by atoms with Crippen molar-refractivity contribution in [1.82, 2.24) is 19.9 Å². The van der Waals surface area contributed by atoms with E-state index in [0.29, 0.717) is 5.69 Å². The van der Waals surface area contributed by atoms with Crippen molar-refractivity contribution in [2.75, 3.05) is 6.54 Å². The first-order chi connectivity index (χ1) is 11.8. The standard InChI is InChI=1S/C16H18F3N5O/c1-10-3-2-4-12(7-10)24-9-13(21-22-24)15(25)23-8-11(20)5-6-14(23)16(17,18)19/h2-4,7,9,11,14H,5-6,8,20H2,1H3/t11-,14-/m1/s1. The first kappa shape index (κ1) is 17.4. The van der Waals surface area contributed by atoms with Crippen molar-refractivity contribution < 1.29 is 18.0 Å². The minimum Gasteiger partial charge on any atom is -0.326 e. The lowest BCUT2D eigenvalue weighted by atomic mass is 9.98. The second-order valence-electron chi connectivity index (χ2n) is 6.24. The fourth-order valence-corrected chi connectivity index (χ4v) is 2.97. The first-order valence-corrected chi connectivity index (χ1v) is 7.88. The molecule has 2 N–H and O–H groups in total. The number of likely N-dealkylation sites (tertiary alicyclic amines) is 1. The number of benzene rings is 1. The summed E-state index contributed by atoms with van der Waals surface area (Å²) in [7, 11) is 0. The lowest BCUT2D eigenvalue weighted by molar-refractivity contribution is -0.184. The van der Waals surface area contributed by atoms with Crippen LogP contribution in [-0.4, -0.2) is 50.6 Å². The van der Waals surface area contributed by atoms with Gasteiger partial charge in [0.25, 0.3) is 5.91 Å². The Bertz CT molecular complexity index is 773. The number of rotatable bonds is 2. The third kappa shape index (κ3) is 3.65. The zero-order valence-corrected chi connectivity index (χ0v) is 13.6. The highest BCUT2D eigenvalue weighted by Crippen LogP contribution is 2.32. The van der Waals surface area contributed by atoms with Crippen LogP contribution in [0.4, 0.5) is 13.2 Å². The van der Waals surface area contributed by atoms with E-state index in [0.717, 1.165) is 10.5 Å². The first-order valence-electron chi connectivity index (χ1n) is 7.88. The Labute approximate surface area is 142 Å². The van der Waals surface area contributed by atoms with E-state index in [-0.39, 0.29) is 25.1 Å². The molecule has 0 saturated carbocycles. The number of amides is 1. The van der Waals surface area contributed by atoms with E-state index in [9.17, 15) is 18.0 Å². The summed E-state index contributed by atoms with van der Waals surface area (Å²) in [5.74, 6) is -0.809. The summed E-state index contributed by atoms with van der Waals surface area (Å²) in [5.41, 5.74) is 7.28. The van der Waals surface area contributed by atoms with Gasteiger partial charge in [-0.3, -0.25) is 4.79 Å². The molecule has 1 saturated heterocycles. The Balaban J connectivity index is 1.87. The van der Waals surface area contributed by atoms with E-state index in [1.165, 1.54) is 10.9 Å². The molecule has 1 fully saturated rings. The number of carbonyl (C=O) groups is 1. The van der Waals surface area contributed by atoms with Crippen LogP contribution in [0.5, 0.6) is 0 Å². The number of piperidine rings is 1. The number of nitrogens with zero attached hydrogens (tertiary/aromatic N) is 4. The molecule has 2 atom stereocenters. The van der Waals surface area contributed by atoms with Crippen molar-refractivity contribution >= 4 is 5.91 Å². The molecule has 9 heteroatoms. The zero-order chi connectivity index (χ0) is 18.2. The summed E-state index contributed by atoms with van der Waals surface area (Å²) in [5, 5.41) is 7.61. The van der Waals surface area contributed by atoms with Crippen molar-refractivity contribution in [3.8, 4) is 5.69 Å². The molecule has 134 valence electrons. The van der Waals surface area contributed by atoms with Gasteiger partial charge in [-0.1, -0.05) is 17.3 Å². The summed E-state index contributed by atoms with van der Waals surface area (Å²) in [6.07, 6.45) is -3.14. The molecule has 0 radical (unpaired) electrons. The van der Waals surface area contributed by atoms with Gasteiger partial charge in [-0.2, -0.15) is 13.2 Å². The van der Waals surface area contributed by atoms with Crippen LogP contribution in [0.15, 0.2) is 30.5 Å². The van der Waals surface area contributed by atoms with Crippen LogP contribution in [0.1, 0.15) is 28.9 Å². The SMILES string of the molecule is Cc1cccc(-n2cc(C(=O)N3C[C@H](N)CC[C@@H]3C(F)(F)F)nn2)c1. The van der Waals surface area contributed by atoms with Gasteiger partial charge in [0, 0.05) is 12.6 Å². The van der Waals surface area contributed by atoms with Crippen molar-refractivity contribution in [1.29, 1.82) is 0 Å². The highest BCUT2D eigenvalue weighted by atomic mass is 19.4. The minimum absolute atomic E-state index is 0.134. The maximum absolute atomic E-state index is 13.2. The predicted molar refractivity (Wildman–Crippen MR) is 84.2 cm³/mol. The van der Waals surface area contributed by atoms with Gasteiger partial charge in [0.05, 0.1) is 11.9 Å². The number of alkyl halides is 3. The maximum atomic E-state index is 13.2. The lowest BCUT2D eigenvalue weighted by Crippen LogP contribution is -2.56. The average Bonchev–Trinajstić information content (AvgIpc) is 3.03. The number of halogens is 3. The Morgan fingerprint density at radius 2 is 2.08 bits per heavy atom. The molecule has 0 aliphatic carbocycles. The molecular weight excluding hydrogens is 335 g/mol. The largest absolute Gasteiger partial charge is 0.408 e. The number of hydrogen-bond donors (Lipinski definition) is 1. The number of aromatic nitrogens is 3. The zero-order valence-electron chi connectivity index (χ0n) is 13.6. The molecule has 1 amide bonds. The average molecular weight is 353 g/mol. The van der Waals surface area contributed by atoms with Gasteiger partial charge >= 0.3 is 6.18 Å². The Kier molecular flexibility index (Phi) is 4.51. The molecule has 1 aromatic heterocycles. The molecule has 2 aromatic rings. The molecular formula is C16H18F3N5O. The number of carbonyl (C=O) groups excluding carboxylic acids is 1. The predicted octanol–water partition coefficient (Wildman–Crippen LogP) is 2.07. The maximum Gasteiger partial charge on any atom is 0.408 e. The molecule has 6 nitrogen and oxygen atoms in total. The summed E-state index contributed by atoms with van der Waals surface area (Å²) in [4.78, 5) is 13.3. The fraction of sp³-hybridized carbons (Fsp3) is 0.438. The Morgan fingerprint density at radius 3 is 2.76 bits per heavy atom. The quantitative estimate of drug-likeness (QED) is 0.897.